The van der Waals surface area contributed by atoms with Gasteiger partial charge in [-0.25, -0.2) is 4.79 Å². The van der Waals surface area contributed by atoms with Crippen molar-refractivity contribution in [3.63, 3.8) is 0 Å². The summed E-state index contributed by atoms with van der Waals surface area (Å²) >= 11 is 0. The number of nitrogens with zero attached hydrogens (tertiary/aromatic N) is 1. The predicted octanol–water partition coefficient (Wildman–Crippen LogP) is 1.81. The third-order valence-corrected chi connectivity index (χ3v) is 3.56. The molecule has 116 valence electrons. The fraction of sp³-hybridized carbons (Fsp3) is 0.562. The molecular weight excluding hydrogens is 266 g/mol. The molecule has 1 aromatic rings. The van der Waals surface area contributed by atoms with Crippen LogP contribution in [0.15, 0.2) is 18.2 Å². The minimum atomic E-state index is -0.688. The molecule has 0 spiro atoms. The summed E-state index contributed by atoms with van der Waals surface area (Å²) in [6.45, 7) is 6.97. The number of fused-ring (bicyclic) bond motifs is 1. The zero-order valence-electron chi connectivity index (χ0n) is 13.2. The Balaban J connectivity index is 1.92. The summed E-state index contributed by atoms with van der Waals surface area (Å²) in [5.41, 5.74) is 3.05. The van der Waals surface area contributed by atoms with Gasteiger partial charge >= 0.3 is 6.03 Å². The molecule has 0 saturated heterocycles. The van der Waals surface area contributed by atoms with E-state index in [2.05, 4.69) is 22.6 Å². The third kappa shape index (κ3) is 4.11. The Morgan fingerprint density at radius 1 is 1.43 bits per heavy atom. The first kappa shape index (κ1) is 15.6. The lowest BCUT2D eigenvalue weighted by Crippen LogP contribution is -2.47. The SMILES string of the molecule is CN1CCc2cc([C@H](O)CNC(=O)NC(C)(C)C)ccc21. The fourth-order valence-electron chi connectivity index (χ4n) is 2.49. The Bertz CT molecular complexity index is 523. The van der Waals surface area contributed by atoms with Gasteiger partial charge in [-0.15, -0.1) is 0 Å². The maximum atomic E-state index is 11.7. The summed E-state index contributed by atoms with van der Waals surface area (Å²) in [4.78, 5) is 13.9. The first-order valence-corrected chi connectivity index (χ1v) is 7.34. The molecule has 2 rings (SSSR count). The van der Waals surface area contributed by atoms with E-state index in [0.717, 1.165) is 18.5 Å². The van der Waals surface area contributed by atoms with Crippen molar-refractivity contribution in [2.75, 3.05) is 25.0 Å². The molecule has 0 saturated carbocycles. The van der Waals surface area contributed by atoms with Gasteiger partial charge in [0, 0.05) is 31.4 Å². The maximum absolute atomic E-state index is 11.7. The number of urea groups is 1. The fourth-order valence-corrected chi connectivity index (χ4v) is 2.49. The van der Waals surface area contributed by atoms with E-state index in [1.807, 2.05) is 39.0 Å². The predicted molar refractivity (Wildman–Crippen MR) is 84.7 cm³/mol. The second-order valence-electron chi connectivity index (χ2n) is 6.66. The van der Waals surface area contributed by atoms with Crippen LogP contribution >= 0.6 is 0 Å². The second kappa shape index (κ2) is 5.93. The van der Waals surface area contributed by atoms with Crippen molar-refractivity contribution >= 4 is 11.7 Å². The summed E-state index contributed by atoms with van der Waals surface area (Å²) in [6, 6.07) is 5.74. The van der Waals surface area contributed by atoms with Crippen LogP contribution in [0.25, 0.3) is 0 Å². The van der Waals surface area contributed by atoms with Crippen LogP contribution in [-0.4, -0.2) is 36.8 Å². The minimum absolute atomic E-state index is 0.205. The molecule has 0 aromatic heterocycles. The zero-order valence-corrected chi connectivity index (χ0v) is 13.2. The number of likely N-dealkylation sites (N-methyl/N-ethyl adjacent to an activating group) is 1. The number of benzene rings is 1. The van der Waals surface area contributed by atoms with Crippen LogP contribution < -0.4 is 15.5 Å². The molecule has 1 aliphatic heterocycles. The molecule has 1 atom stereocenters. The van der Waals surface area contributed by atoms with Gasteiger partial charge in [0.2, 0.25) is 0 Å². The van der Waals surface area contributed by atoms with E-state index >= 15 is 0 Å². The van der Waals surface area contributed by atoms with Crippen LogP contribution in [0, 0.1) is 0 Å². The van der Waals surface area contributed by atoms with Crippen LogP contribution in [0.2, 0.25) is 0 Å². The number of hydrogen-bond donors (Lipinski definition) is 3. The van der Waals surface area contributed by atoms with Crippen LogP contribution in [0.1, 0.15) is 38.0 Å². The van der Waals surface area contributed by atoms with E-state index in [4.69, 9.17) is 0 Å². The molecule has 0 bridgehead atoms. The normalized spacial score (nSPS) is 15.6. The molecule has 0 radical (unpaired) electrons. The van der Waals surface area contributed by atoms with E-state index < -0.39 is 6.10 Å². The highest BCUT2D eigenvalue weighted by molar-refractivity contribution is 5.74. The monoisotopic (exact) mass is 291 g/mol. The van der Waals surface area contributed by atoms with E-state index in [0.29, 0.717) is 0 Å². The summed E-state index contributed by atoms with van der Waals surface area (Å²) in [5, 5.41) is 15.7. The van der Waals surface area contributed by atoms with Crippen molar-refractivity contribution in [3.05, 3.63) is 29.3 Å². The van der Waals surface area contributed by atoms with E-state index in [-0.39, 0.29) is 18.1 Å². The number of carbonyl (C=O) groups excluding carboxylic acids is 1. The lowest BCUT2D eigenvalue weighted by Gasteiger charge is -2.21. The number of nitrogens with one attached hydrogen (secondary N) is 2. The Labute approximate surface area is 126 Å². The molecule has 2 amide bonds. The van der Waals surface area contributed by atoms with Crippen LogP contribution in [-0.2, 0) is 6.42 Å². The highest BCUT2D eigenvalue weighted by Crippen LogP contribution is 2.29. The number of rotatable bonds is 3. The molecule has 1 heterocycles. The van der Waals surface area contributed by atoms with Crippen molar-refractivity contribution in [2.24, 2.45) is 0 Å². The number of aliphatic hydroxyl groups is 1. The molecule has 1 aliphatic rings. The molecule has 5 nitrogen and oxygen atoms in total. The standard InChI is InChI=1S/C16H25N3O2/c1-16(2,3)18-15(21)17-10-14(20)12-5-6-13-11(9-12)7-8-19(13)4/h5-6,9,14,20H,7-8,10H2,1-4H3,(H2,17,18,21)/t14-/m1/s1. The Morgan fingerprint density at radius 3 is 2.81 bits per heavy atom. The quantitative estimate of drug-likeness (QED) is 0.796. The van der Waals surface area contributed by atoms with E-state index in [1.165, 1.54) is 11.3 Å². The summed E-state index contributed by atoms with van der Waals surface area (Å²) in [6.07, 6.45) is 0.316. The van der Waals surface area contributed by atoms with Crippen molar-refractivity contribution in [2.45, 2.75) is 38.8 Å². The number of amides is 2. The van der Waals surface area contributed by atoms with Gasteiger partial charge in [-0.05, 0) is 44.4 Å². The van der Waals surface area contributed by atoms with Crippen molar-refractivity contribution in [3.8, 4) is 0 Å². The van der Waals surface area contributed by atoms with Gasteiger partial charge < -0.3 is 20.6 Å². The number of aliphatic hydroxyl groups excluding tert-OH is 1. The molecule has 0 aliphatic carbocycles. The number of anilines is 1. The lowest BCUT2D eigenvalue weighted by molar-refractivity contribution is 0.171. The van der Waals surface area contributed by atoms with Gasteiger partial charge in [0.25, 0.3) is 0 Å². The smallest absolute Gasteiger partial charge is 0.315 e. The van der Waals surface area contributed by atoms with Gasteiger partial charge in [0.05, 0.1) is 6.10 Å². The van der Waals surface area contributed by atoms with Gasteiger partial charge in [0.1, 0.15) is 0 Å². The molecule has 1 aromatic carbocycles. The van der Waals surface area contributed by atoms with Crippen molar-refractivity contribution < 1.29 is 9.90 Å². The Hall–Kier alpha value is -1.75. The largest absolute Gasteiger partial charge is 0.387 e. The highest BCUT2D eigenvalue weighted by Gasteiger charge is 2.19. The summed E-state index contributed by atoms with van der Waals surface area (Å²) < 4.78 is 0. The van der Waals surface area contributed by atoms with Gasteiger partial charge in [0.15, 0.2) is 0 Å². The summed E-state index contributed by atoms with van der Waals surface area (Å²) in [5.74, 6) is 0. The topological polar surface area (TPSA) is 64.6 Å². The van der Waals surface area contributed by atoms with Gasteiger partial charge in [-0.2, -0.15) is 0 Å². The van der Waals surface area contributed by atoms with Crippen molar-refractivity contribution in [1.29, 1.82) is 0 Å². The maximum Gasteiger partial charge on any atom is 0.315 e. The second-order valence-corrected chi connectivity index (χ2v) is 6.66. The average molecular weight is 291 g/mol. The van der Waals surface area contributed by atoms with Crippen LogP contribution in [0.4, 0.5) is 10.5 Å². The molecule has 5 heteroatoms. The molecular formula is C16H25N3O2. The number of hydrogen-bond acceptors (Lipinski definition) is 3. The highest BCUT2D eigenvalue weighted by atomic mass is 16.3. The molecule has 0 unspecified atom stereocenters. The minimum Gasteiger partial charge on any atom is -0.387 e. The van der Waals surface area contributed by atoms with Crippen LogP contribution in [0.5, 0.6) is 0 Å². The molecule has 21 heavy (non-hydrogen) atoms. The number of carbonyl (C=O) groups is 1. The first-order valence-electron chi connectivity index (χ1n) is 7.34. The molecule has 0 fully saturated rings. The lowest BCUT2D eigenvalue weighted by atomic mass is 10.0. The molecule has 3 N–H and O–H groups in total. The summed E-state index contributed by atoms with van der Waals surface area (Å²) in [7, 11) is 2.07. The van der Waals surface area contributed by atoms with Crippen LogP contribution in [0.3, 0.4) is 0 Å². The van der Waals surface area contributed by atoms with E-state index in [9.17, 15) is 9.90 Å². The Morgan fingerprint density at radius 2 is 2.14 bits per heavy atom. The van der Waals surface area contributed by atoms with Gasteiger partial charge in [-0.3, -0.25) is 0 Å². The van der Waals surface area contributed by atoms with Gasteiger partial charge in [-0.1, -0.05) is 12.1 Å². The Kier molecular flexibility index (Phi) is 4.42. The first-order chi connectivity index (χ1) is 9.76. The average Bonchev–Trinajstić information content (AvgIpc) is 2.75. The third-order valence-electron chi connectivity index (χ3n) is 3.56. The van der Waals surface area contributed by atoms with Crippen molar-refractivity contribution in [1.82, 2.24) is 10.6 Å². The van der Waals surface area contributed by atoms with E-state index in [1.54, 1.807) is 0 Å². The zero-order chi connectivity index (χ0) is 15.6.